The van der Waals surface area contributed by atoms with E-state index < -0.39 is 0 Å². The Labute approximate surface area is 119 Å². The summed E-state index contributed by atoms with van der Waals surface area (Å²) in [5, 5.41) is 0. The topological polar surface area (TPSA) is 26.3 Å². The Bertz CT molecular complexity index is 604. The van der Waals surface area contributed by atoms with Crippen LogP contribution in [0.4, 0.5) is 0 Å². The number of ether oxygens (including phenoxy) is 1. The maximum Gasteiger partial charge on any atom is 0.166 e. The van der Waals surface area contributed by atoms with Gasteiger partial charge in [0, 0.05) is 11.5 Å². The summed E-state index contributed by atoms with van der Waals surface area (Å²) in [6, 6.07) is 17.6. The molecular formula is C18H18O2. The summed E-state index contributed by atoms with van der Waals surface area (Å²) in [4.78, 5) is 12.2. The van der Waals surface area contributed by atoms with E-state index >= 15 is 0 Å². The Morgan fingerprint density at radius 2 is 1.90 bits per heavy atom. The summed E-state index contributed by atoms with van der Waals surface area (Å²) in [5.41, 5.74) is 1.89. The summed E-state index contributed by atoms with van der Waals surface area (Å²) in [6.07, 6.45) is 1.02. The Hall–Kier alpha value is -2.09. The number of Topliss-reactive ketones (excluding diaryl/α,β-unsaturated/α-hetero) is 1. The molecule has 0 aliphatic heterocycles. The first-order valence-electron chi connectivity index (χ1n) is 7.05. The molecule has 2 aromatic carbocycles. The van der Waals surface area contributed by atoms with Gasteiger partial charge in [0.1, 0.15) is 12.4 Å². The van der Waals surface area contributed by atoms with Crippen LogP contribution in [0.1, 0.15) is 29.3 Å². The highest BCUT2D eigenvalue weighted by Gasteiger charge is 2.39. The number of rotatable bonds is 5. The lowest BCUT2D eigenvalue weighted by Crippen LogP contribution is -2.03. The van der Waals surface area contributed by atoms with E-state index in [1.807, 2.05) is 54.6 Å². The van der Waals surface area contributed by atoms with Gasteiger partial charge < -0.3 is 4.74 Å². The fourth-order valence-electron chi connectivity index (χ4n) is 2.38. The first-order chi connectivity index (χ1) is 9.74. The molecule has 0 radical (unpaired) electrons. The number of ketones is 1. The van der Waals surface area contributed by atoms with Crippen LogP contribution in [-0.2, 0) is 6.61 Å². The number of hydrogen-bond acceptors (Lipinski definition) is 2. The van der Waals surface area contributed by atoms with Crippen molar-refractivity contribution in [2.75, 3.05) is 0 Å². The van der Waals surface area contributed by atoms with E-state index in [4.69, 9.17) is 4.74 Å². The molecule has 0 bridgehead atoms. The molecule has 0 heterocycles. The molecule has 2 heteroatoms. The van der Waals surface area contributed by atoms with Crippen LogP contribution in [0.15, 0.2) is 54.6 Å². The SMILES string of the molecule is CC1CC1C(=O)c1cccc(OCc2ccccc2)c1. The second-order valence-electron chi connectivity index (χ2n) is 5.49. The van der Waals surface area contributed by atoms with Gasteiger partial charge in [-0.2, -0.15) is 0 Å². The second-order valence-corrected chi connectivity index (χ2v) is 5.49. The molecule has 2 aromatic rings. The van der Waals surface area contributed by atoms with Crippen molar-refractivity contribution in [3.8, 4) is 5.75 Å². The largest absolute Gasteiger partial charge is 0.489 e. The molecule has 1 aliphatic carbocycles. The highest BCUT2D eigenvalue weighted by molar-refractivity contribution is 5.99. The standard InChI is InChI=1S/C18H18O2/c1-13-10-17(13)18(19)15-8-5-9-16(11-15)20-12-14-6-3-2-4-7-14/h2-9,11,13,17H,10,12H2,1H3. The van der Waals surface area contributed by atoms with Gasteiger partial charge in [-0.3, -0.25) is 4.79 Å². The summed E-state index contributed by atoms with van der Waals surface area (Å²) in [5.74, 6) is 1.77. The van der Waals surface area contributed by atoms with Crippen LogP contribution in [0.3, 0.4) is 0 Å². The Morgan fingerprint density at radius 1 is 1.15 bits per heavy atom. The van der Waals surface area contributed by atoms with Crippen LogP contribution < -0.4 is 4.74 Å². The molecule has 102 valence electrons. The molecule has 2 atom stereocenters. The highest BCUT2D eigenvalue weighted by atomic mass is 16.5. The average molecular weight is 266 g/mol. The zero-order valence-corrected chi connectivity index (χ0v) is 11.6. The van der Waals surface area contributed by atoms with Gasteiger partial charge in [-0.05, 0) is 30.0 Å². The molecule has 0 spiro atoms. The van der Waals surface area contributed by atoms with Gasteiger partial charge in [0.2, 0.25) is 0 Å². The Kier molecular flexibility index (Phi) is 3.55. The number of hydrogen-bond donors (Lipinski definition) is 0. The van der Waals surface area contributed by atoms with Gasteiger partial charge in [0.15, 0.2) is 5.78 Å². The third kappa shape index (κ3) is 2.90. The van der Waals surface area contributed by atoms with Crippen molar-refractivity contribution in [3.05, 3.63) is 65.7 Å². The highest BCUT2D eigenvalue weighted by Crippen LogP contribution is 2.40. The predicted molar refractivity (Wildman–Crippen MR) is 78.8 cm³/mol. The molecule has 2 nitrogen and oxygen atoms in total. The maximum absolute atomic E-state index is 12.2. The van der Waals surface area contributed by atoms with Gasteiger partial charge >= 0.3 is 0 Å². The quantitative estimate of drug-likeness (QED) is 0.761. The second kappa shape index (κ2) is 5.49. The van der Waals surface area contributed by atoms with Gasteiger partial charge in [0.05, 0.1) is 0 Å². The van der Waals surface area contributed by atoms with Crippen LogP contribution in [0.5, 0.6) is 5.75 Å². The first-order valence-corrected chi connectivity index (χ1v) is 7.05. The number of benzene rings is 2. The molecule has 0 amide bonds. The van der Waals surface area contributed by atoms with Crippen LogP contribution in [0.25, 0.3) is 0 Å². The zero-order valence-electron chi connectivity index (χ0n) is 11.6. The van der Waals surface area contributed by atoms with Crippen LogP contribution in [0.2, 0.25) is 0 Å². The van der Waals surface area contributed by atoms with E-state index in [-0.39, 0.29) is 11.7 Å². The van der Waals surface area contributed by atoms with Crippen molar-refractivity contribution in [2.45, 2.75) is 20.0 Å². The predicted octanol–water partition coefficient (Wildman–Crippen LogP) is 4.10. The molecule has 0 aromatic heterocycles. The average Bonchev–Trinajstić information content (AvgIpc) is 3.23. The summed E-state index contributed by atoms with van der Waals surface area (Å²) in [6.45, 7) is 2.65. The summed E-state index contributed by atoms with van der Waals surface area (Å²) < 4.78 is 5.76. The third-order valence-electron chi connectivity index (χ3n) is 3.81. The minimum Gasteiger partial charge on any atom is -0.489 e. The minimum absolute atomic E-state index is 0.222. The maximum atomic E-state index is 12.2. The molecule has 1 aliphatic rings. The molecule has 0 N–H and O–H groups in total. The van der Waals surface area contributed by atoms with Crippen molar-refractivity contribution in [1.29, 1.82) is 0 Å². The van der Waals surface area contributed by atoms with E-state index in [9.17, 15) is 4.79 Å². The smallest absolute Gasteiger partial charge is 0.166 e. The van der Waals surface area contributed by atoms with Crippen molar-refractivity contribution in [3.63, 3.8) is 0 Å². The third-order valence-corrected chi connectivity index (χ3v) is 3.81. The van der Waals surface area contributed by atoms with E-state index in [1.54, 1.807) is 0 Å². The Morgan fingerprint density at radius 3 is 2.60 bits per heavy atom. The van der Waals surface area contributed by atoms with Gasteiger partial charge in [-0.15, -0.1) is 0 Å². The monoisotopic (exact) mass is 266 g/mol. The number of carbonyl (C=O) groups is 1. The molecule has 20 heavy (non-hydrogen) atoms. The van der Waals surface area contributed by atoms with E-state index in [1.165, 1.54) is 0 Å². The lowest BCUT2D eigenvalue weighted by molar-refractivity contribution is 0.0962. The summed E-state index contributed by atoms with van der Waals surface area (Å²) >= 11 is 0. The van der Waals surface area contributed by atoms with E-state index in [0.717, 1.165) is 23.3 Å². The fourth-order valence-corrected chi connectivity index (χ4v) is 2.38. The molecule has 3 rings (SSSR count). The van der Waals surface area contributed by atoms with E-state index in [2.05, 4.69) is 6.92 Å². The summed E-state index contributed by atoms with van der Waals surface area (Å²) in [7, 11) is 0. The van der Waals surface area contributed by atoms with Gasteiger partial charge in [-0.25, -0.2) is 0 Å². The molecule has 2 unspecified atom stereocenters. The molecular weight excluding hydrogens is 248 g/mol. The fraction of sp³-hybridized carbons (Fsp3) is 0.278. The van der Waals surface area contributed by atoms with Crippen molar-refractivity contribution < 1.29 is 9.53 Å². The lowest BCUT2D eigenvalue weighted by Gasteiger charge is -2.07. The van der Waals surface area contributed by atoms with Crippen molar-refractivity contribution in [1.82, 2.24) is 0 Å². The van der Waals surface area contributed by atoms with Crippen LogP contribution >= 0.6 is 0 Å². The van der Waals surface area contributed by atoms with Crippen LogP contribution in [0, 0.1) is 11.8 Å². The molecule has 1 fully saturated rings. The lowest BCUT2D eigenvalue weighted by atomic mass is 10.1. The zero-order chi connectivity index (χ0) is 13.9. The van der Waals surface area contributed by atoms with Crippen molar-refractivity contribution in [2.24, 2.45) is 11.8 Å². The first kappa shape index (κ1) is 12.9. The Balaban J connectivity index is 1.67. The van der Waals surface area contributed by atoms with Gasteiger partial charge in [0.25, 0.3) is 0 Å². The van der Waals surface area contributed by atoms with Crippen LogP contribution in [-0.4, -0.2) is 5.78 Å². The minimum atomic E-state index is 0.222. The normalized spacial score (nSPS) is 20.4. The van der Waals surface area contributed by atoms with E-state index in [0.29, 0.717) is 12.5 Å². The number of carbonyl (C=O) groups excluding carboxylic acids is 1. The van der Waals surface area contributed by atoms with Crippen molar-refractivity contribution >= 4 is 5.78 Å². The molecule has 1 saturated carbocycles. The molecule has 0 saturated heterocycles. The van der Waals surface area contributed by atoms with Gasteiger partial charge in [-0.1, -0.05) is 49.4 Å².